The molecule has 1 unspecified atom stereocenters. The van der Waals surface area contributed by atoms with E-state index in [0.29, 0.717) is 12.1 Å². The first-order chi connectivity index (χ1) is 12.0. The Labute approximate surface area is 145 Å². The molecule has 0 radical (unpaired) electrons. The molecule has 0 fully saturated rings. The van der Waals surface area contributed by atoms with Crippen LogP contribution in [0.25, 0.3) is 10.9 Å². The van der Waals surface area contributed by atoms with Crippen molar-refractivity contribution in [2.45, 2.75) is 19.4 Å². The van der Waals surface area contributed by atoms with Gasteiger partial charge in [-0.2, -0.15) is 5.10 Å². The maximum Gasteiger partial charge on any atom is 0.328 e. The van der Waals surface area contributed by atoms with Gasteiger partial charge in [-0.05, 0) is 24.6 Å². The number of carbonyl (C=O) groups excluding carboxylic acids is 2. The highest BCUT2D eigenvalue weighted by atomic mass is 16.5. The summed E-state index contributed by atoms with van der Waals surface area (Å²) in [4.78, 5) is 27.8. The molecule has 0 aliphatic heterocycles. The number of para-hydroxylation sites is 1. The van der Waals surface area contributed by atoms with Crippen LogP contribution in [0.1, 0.15) is 21.7 Å². The highest BCUT2D eigenvalue weighted by Gasteiger charge is 2.25. The number of esters is 1. The van der Waals surface area contributed by atoms with Crippen LogP contribution in [-0.2, 0) is 23.0 Å². The number of carbonyl (C=O) groups is 2. The molecule has 7 nitrogen and oxygen atoms in total. The van der Waals surface area contributed by atoms with Crippen molar-refractivity contribution in [3.63, 3.8) is 0 Å². The minimum absolute atomic E-state index is 0.333. The van der Waals surface area contributed by atoms with Gasteiger partial charge in [0.15, 0.2) is 0 Å². The van der Waals surface area contributed by atoms with Crippen LogP contribution in [-0.4, -0.2) is 39.8 Å². The molecule has 1 amide bonds. The minimum atomic E-state index is -0.785. The molecule has 3 rings (SSSR count). The number of fused-ring (bicyclic) bond motifs is 1. The molecule has 2 heterocycles. The molecule has 130 valence electrons. The average molecular weight is 340 g/mol. The van der Waals surface area contributed by atoms with Crippen LogP contribution in [0, 0.1) is 6.92 Å². The molecule has 7 heteroatoms. The van der Waals surface area contributed by atoms with Crippen LogP contribution in [0.4, 0.5) is 0 Å². The van der Waals surface area contributed by atoms with Crippen LogP contribution in [0.3, 0.4) is 0 Å². The minimum Gasteiger partial charge on any atom is -0.467 e. The molecule has 0 aliphatic rings. The Balaban J connectivity index is 1.84. The molecule has 0 spiro atoms. The first-order valence-corrected chi connectivity index (χ1v) is 7.94. The van der Waals surface area contributed by atoms with Gasteiger partial charge in [-0.25, -0.2) is 4.79 Å². The second-order valence-corrected chi connectivity index (χ2v) is 5.91. The predicted molar refractivity (Wildman–Crippen MR) is 93.2 cm³/mol. The van der Waals surface area contributed by atoms with Crippen molar-refractivity contribution >= 4 is 22.8 Å². The Morgan fingerprint density at radius 1 is 1.36 bits per heavy atom. The number of methoxy groups -OCH3 is 1. The van der Waals surface area contributed by atoms with Gasteiger partial charge in [-0.15, -0.1) is 0 Å². The van der Waals surface area contributed by atoms with Crippen molar-refractivity contribution in [3.05, 3.63) is 53.5 Å². The van der Waals surface area contributed by atoms with Gasteiger partial charge >= 0.3 is 5.97 Å². The molecule has 1 aromatic carbocycles. The number of nitrogens with zero attached hydrogens (tertiary/aromatic N) is 2. The topological polar surface area (TPSA) is 89.0 Å². The van der Waals surface area contributed by atoms with Crippen LogP contribution < -0.4 is 5.32 Å². The number of aromatic amines is 1. The first kappa shape index (κ1) is 16.8. The van der Waals surface area contributed by atoms with Gasteiger partial charge in [0.1, 0.15) is 11.7 Å². The maximum atomic E-state index is 12.5. The Hall–Kier alpha value is -3.09. The SMILES string of the molecule is COC(=O)C(Cc1c[nH]c2ccccc12)NC(=O)c1cc(C)nn1C. The summed E-state index contributed by atoms with van der Waals surface area (Å²) in [6, 6.07) is 8.70. The van der Waals surface area contributed by atoms with Crippen molar-refractivity contribution in [1.29, 1.82) is 0 Å². The lowest BCUT2D eigenvalue weighted by molar-refractivity contribution is -0.142. The average Bonchev–Trinajstić information content (AvgIpc) is 3.16. The second-order valence-electron chi connectivity index (χ2n) is 5.91. The summed E-state index contributed by atoms with van der Waals surface area (Å²) >= 11 is 0. The van der Waals surface area contributed by atoms with Gasteiger partial charge in [-0.3, -0.25) is 9.48 Å². The number of aryl methyl sites for hydroxylation is 2. The summed E-state index contributed by atoms with van der Waals surface area (Å²) in [7, 11) is 3.00. The molecule has 2 N–H and O–H groups in total. The van der Waals surface area contributed by atoms with E-state index in [-0.39, 0.29) is 5.91 Å². The van der Waals surface area contributed by atoms with E-state index < -0.39 is 12.0 Å². The van der Waals surface area contributed by atoms with E-state index in [1.54, 1.807) is 20.0 Å². The van der Waals surface area contributed by atoms with Gasteiger partial charge < -0.3 is 15.0 Å². The van der Waals surface area contributed by atoms with Gasteiger partial charge in [0, 0.05) is 30.6 Å². The summed E-state index contributed by atoms with van der Waals surface area (Å²) in [6.45, 7) is 1.81. The number of hydrogen-bond acceptors (Lipinski definition) is 4. The van der Waals surface area contributed by atoms with E-state index >= 15 is 0 Å². The lowest BCUT2D eigenvalue weighted by Crippen LogP contribution is -2.43. The smallest absolute Gasteiger partial charge is 0.328 e. The summed E-state index contributed by atoms with van der Waals surface area (Å²) in [6.07, 6.45) is 2.18. The largest absolute Gasteiger partial charge is 0.467 e. The normalized spacial score (nSPS) is 12.1. The van der Waals surface area contributed by atoms with Crippen LogP contribution in [0.15, 0.2) is 36.5 Å². The standard InChI is InChI=1S/C18H20N4O3/c1-11-8-16(22(2)21-11)17(23)20-15(18(24)25-3)9-12-10-19-14-7-5-4-6-13(12)14/h4-8,10,15,19H,9H2,1-3H3,(H,20,23). The summed E-state index contributed by atoms with van der Waals surface area (Å²) in [5.41, 5.74) is 3.05. The Morgan fingerprint density at radius 2 is 2.12 bits per heavy atom. The van der Waals surface area contributed by atoms with Crippen molar-refractivity contribution in [2.24, 2.45) is 7.05 Å². The number of nitrogens with one attached hydrogen (secondary N) is 2. The lowest BCUT2D eigenvalue weighted by atomic mass is 10.0. The van der Waals surface area contributed by atoms with E-state index in [4.69, 9.17) is 4.74 Å². The van der Waals surface area contributed by atoms with Gasteiger partial charge in [-0.1, -0.05) is 18.2 Å². The zero-order valence-corrected chi connectivity index (χ0v) is 14.4. The second kappa shape index (κ2) is 6.80. The number of H-pyrrole nitrogens is 1. The Bertz CT molecular complexity index is 925. The first-order valence-electron chi connectivity index (χ1n) is 7.94. The summed E-state index contributed by atoms with van der Waals surface area (Å²) in [5, 5.41) is 7.92. The molecule has 3 aromatic rings. The number of amides is 1. The predicted octanol–water partition coefficient (Wildman–Crippen LogP) is 1.72. The van der Waals surface area contributed by atoms with Gasteiger partial charge in [0.25, 0.3) is 5.91 Å². The van der Waals surface area contributed by atoms with Crippen LogP contribution in [0.2, 0.25) is 0 Å². The number of hydrogen-bond donors (Lipinski definition) is 2. The van der Waals surface area contributed by atoms with Crippen LogP contribution >= 0.6 is 0 Å². The van der Waals surface area contributed by atoms with Crippen molar-refractivity contribution in [2.75, 3.05) is 7.11 Å². The molecule has 0 saturated heterocycles. The van der Waals surface area contributed by atoms with E-state index in [2.05, 4.69) is 15.4 Å². The molecular formula is C18H20N4O3. The van der Waals surface area contributed by atoms with Crippen molar-refractivity contribution in [3.8, 4) is 0 Å². The number of aromatic nitrogens is 3. The van der Waals surface area contributed by atoms with E-state index in [1.165, 1.54) is 11.8 Å². The van der Waals surface area contributed by atoms with E-state index in [9.17, 15) is 9.59 Å². The molecule has 2 aromatic heterocycles. The number of ether oxygens (including phenoxy) is 1. The Kier molecular flexibility index (Phi) is 4.56. The zero-order chi connectivity index (χ0) is 18.0. The maximum absolute atomic E-state index is 12.5. The van der Waals surface area contributed by atoms with Gasteiger partial charge in [0.2, 0.25) is 0 Å². The summed E-state index contributed by atoms with van der Waals surface area (Å²) < 4.78 is 6.35. The molecular weight excluding hydrogens is 320 g/mol. The molecule has 0 aliphatic carbocycles. The highest BCUT2D eigenvalue weighted by Crippen LogP contribution is 2.19. The van der Waals surface area contributed by atoms with Crippen molar-refractivity contribution in [1.82, 2.24) is 20.1 Å². The Morgan fingerprint density at radius 3 is 2.80 bits per heavy atom. The molecule has 1 atom stereocenters. The third-order valence-corrected chi connectivity index (χ3v) is 4.12. The third kappa shape index (κ3) is 3.40. The van der Waals surface area contributed by atoms with E-state index in [1.807, 2.05) is 30.5 Å². The highest BCUT2D eigenvalue weighted by molar-refractivity contribution is 5.96. The quantitative estimate of drug-likeness (QED) is 0.692. The lowest BCUT2D eigenvalue weighted by Gasteiger charge is -2.16. The molecule has 0 saturated carbocycles. The fraction of sp³-hybridized carbons (Fsp3) is 0.278. The number of benzene rings is 1. The van der Waals surface area contributed by atoms with E-state index in [0.717, 1.165) is 22.2 Å². The van der Waals surface area contributed by atoms with Gasteiger partial charge in [0.05, 0.1) is 12.8 Å². The molecule has 0 bridgehead atoms. The third-order valence-electron chi connectivity index (χ3n) is 4.12. The fourth-order valence-corrected chi connectivity index (χ4v) is 2.91. The fourth-order valence-electron chi connectivity index (χ4n) is 2.91. The monoisotopic (exact) mass is 340 g/mol. The molecule has 25 heavy (non-hydrogen) atoms. The summed E-state index contributed by atoms with van der Waals surface area (Å²) in [5.74, 6) is -0.851. The van der Waals surface area contributed by atoms with Crippen LogP contribution in [0.5, 0.6) is 0 Å². The number of rotatable bonds is 5. The van der Waals surface area contributed by atoms with Crippen molar-refractivity contribution < 1.29 is 14.3 Å². The zero-order valence-electron chi connectivity index (χ0n) is 14.4.